The van der Waals surface area contributed by atoms with Crippen LogP contribution in [-0.2, 0) is 0 Å². The summed E-state index contributed by atoms with van der Waals surface area (Å²) in [5.41, 5.74) is 0.893. The Morgan fingerprint density at radius 1 is 1.45 bits per heavy atom. The molecule has 2 saturated carbocycles. The largest absolute Gasteiger partial charge is 0.347 e. The van der Waals surface area contributed by atoms with Crippen LogP contribution in [0.4, 0.5) is 0 Å². The van der Waals surface area contributed by atoms with E-state index in [9.17, 15) is 4.79 Å². The number of hydrogen-bond donors (Lipinski definition) is 1. The molecular weight excluding hydrogens is 316 g/mol. The van der Waals surface area contributed by atoms with E-state index in [0.29, 0.717) is 5.69 Å². The lowest BCUT2D eigenvalue weighted by Gasteiger charge is -2.43. The Labute approximate surface area is 128 Å². The summed E-state index contributed by atoms with van der Waals surface area (Å²) in [6, 6.07) is 3.91. The average Bonchev–Trinajstić information content (AvgIpc) is 2.86. The maximum absolute atomic E-state index is 12.5. The standard InChI is InChI=1S/C16H21BrN2O/c1-15(2)10-6-7-16(3,9-10)14(15)19-13(20)12-11(17)5-4-8-18-12/h4-5,8,10,14H,6-7,9H2,1-3H3,(H,19,20). The Hall–Kier alpha value is -0.900. The molecule has 3 atom stereocenters. The molecule has 0 saturated heterocycles. The molecule has 0 radical (unpaired) electrons. The highest BCUT2D eigenvalue weighted by Crippen LogP contribution is 2.62. The zero-order chi connectivity index (χ0) is 14.5. The number of fused-ring (bicyclic) bond motifs is 2. The summed E-state index contributed by atoms with van der Waals surface area (Å²) in [6.07, 6.45) is 5.40. The predicted octanol–water partition coefficient (Wildman–Crippen LogP) is 3.79. The number of aromatic nitrogens is 1. The molecule has 1 amide bonds. The molecule has 2 aliphatic rings. The van der Waals surface area contributed by atoms with Gasteiger partial charge in [0.15, 0.2) is 0 Å². The van der Waals surface area contributed by atoms with Gasteiger partial charge in [0, 0.05) is 16.7 Å². The van der Waals surface area contributed by atoms with E-state index in [1.165, 1.54) is 19.3 Å². The summed E-state index contributed by atoms with van der Waals surface area (Å²) < 4.78 is 0.753. The topological polar surface area (TPSA) is 42.0 Å². The Kier molecular flexibility index (Phi) is 3.20. The van der Waals surface area contributed by atoms with Crippen molar-refractivity contribution in [1.29, 1.82) is 0 Å². The van der Waals surface area contributed by atoms with Crippen molar-refractivity contribution in [2.75, 3.05) is 0 Å². The minimum Gasteiger partial charge on any atom is -0.347 e. The van der Waals surface area contributed by atoms with Crippen LogP contribution in [0.1, 0.15) is 50.5 Å². The van der Waals surface area contributed by atoms with Gasteiger partial charge >= 0.3 is 0 Å². The van der Waals surface area contributed by atoms with Gasteiger partial charge in [0.05, 0.1) is 0 Å². The molecular formula is C16H21BrN2O. The number of hydrogen-bond acceptors (Lipinski definition) is 2. The van der Waals surface area contributed by atoms with Gasteiger partial charge in [-0.2, -0.15) is 0 Å². The third-order valence-corrected chi connectivity index (χ3v) is 6.16. The minimum atomic E-state index is -0.0654. The van der Waals surface area contributed by atoms with Crippen molar-refractivity contribution in [3.8, 4) is 0 Å². The van der Waals surface area contributed by atoms with E-state index in [1.807, 2.05) is 12.1 Å². The first-order valence-electron chi connectivity index (χ1n) is 7.26. The first-order chi connectivity index (χ1) is 9.34. The zero-order valence-electron chi connectivity index (χ0n) is 12.2. The van der Waals surface area contributed by atoms with Crippen molar-refractivity contribution >= 4 is 21.8 Å². The number of rotatable bonds is 2. The first kappa shape index (κ1) is 14.1. The summed E-state index contributed by atoms with van der Waals surface area (Å²) in [7, 11) is 0. The molecule has 1 heterocycles. The summed E-state index contributed by atoms with van der Waals surface area (Å²) in [5, 5.41) is 3.27. The van der Waals surface area contributed by atoms with Gasteiger partial charge in [0.1, 0.15) is 5.69 Å². The van der Waals surface area contributed by atoms with Gasteiger partial charge in [-0.05, 0) is 64.1 Å². The number of nitrogens with one attached hydrogen (secondary N) is 1. The fourth-order valence-corrected chi connectivity index (χ4v) is 4.85. The molecule has 2 aliphatic carbocycles. The van der Waals surface area contributed by atoms with E-state index in [0.717, 1.165) is 10.4 Å². The van der Waals surface area contributed by atoms with Crippen molar-refractivity contribution in [2.45, 2.75) is 46.1 Å². The summed E-state index contributed by atoms with van der Waals surface area (Å²) in [4.78, 5) is 16.7. The molecule has 1 aromatic rings. The number of amides is 1. The second-order valence-electron chi connectivity index (χ2n) is 7.16. The first-order valence-corrected chi connectivity index (χ1v) is 8.05. The van der Waals surface area contributed by atoms with Gasteiger partial charge in [-0.15, -0.1) is 0 Å². The maximum atomic E-state index is 12.5. The third-order valence-electron chi connectivity index (χ3n) is 5.52. The van der Waals surface area contributed by atoms with Crippen LogP contribution < -0.4 is 5.32 Å². The quantitative estimate of drug-likeness (QED) is 0.892. The lowest BCUT2D eigenvalue weighted by molar-refractivity contribution is 0.0732. The zero-order valence-corrected chi connectivity index (χ0v) is 13.8. The van der Waals surface area contributed by atoms with Crippen molar-refractivity contribution < 1.29 is 4.79 Å². The molecule has 1 aromatic heterocycles. The molecule has 2 bridgehead atoms. The van der Waals surface area contributed by atoms with Crippen molar-refractivity contribution in [3.63, 3.8) is 0 Å². The lowest BCUT2D eigenvalue weighted by atomic mass is 9.68. The molecule has 108 valence electrons. The van der Waals surface area contributed by atoms with Crippen LogP contribution in [-0.4, -0.2) is 16.9 Å². The van der Waals surface area contributed by atoms with Crippen molar-refractivity contribution in [2.24, 2.45) is 16.7 Å². The van der Waals surface area contributed by atoms with Crippen LogP contribution in [0.3, 0.4) is 0 Å². The van der Waals surface area contributed by atoms with Crippen LogP contribution >= 0.6 is 15.9 Å². The van der Waals surface area contributed by atoms with E-state index in [-0.39, 0.29) is 22.8 Å². The smallest absolute Gasteiger partial charge is 0.271 e. The molecule has 3 unspecified atom stereocenters. The summed E-state index contributed by atoms with van der Waals surface area (Å²) in [5.74, 6) is 0.661. The number of carbonyl (C=O) groups excluding carboxylic acids is 1. The van der Waals surface area contributed by atoms with E-state index in [1.54, 1.807) is 6.20 Å². The molecule has 3 nitrogen and oxygen atoms in total. The van der Waals surface area contributed by atoms with Crippen molar-refractivity contribution in [3.05, 3.63) is 28.5 Å². The van der Waals surface area contributed by atoms with E-state index in [4.69, 9.17) is 0 Å². The molecule has 20 heavy (non-hydrogen) atoms. The van der Waals surface area contributed by atoms with Gasteiger partial charge in [0.2, 0.25) is 0 Å². The Balaban J connectivity index is 1.85. The molecule has 0 spiro atoms. The Morgan fingerprint density at radius 2 is 2.20 bits per heavy atom. The summed E-state index contributed by atoms with van der Waals surface area (Å²) in [6.45, 7) is 6.90. The number of halogens is 1. The van der Waals surface area contributed by atoms with Gasteiger partial charge < -0.3 is 5.32 Å². The average molecular weight is 337 g/mol. The third kappa shape index (κ3) is 2.00. The minimum absolute atomic E-state index is 0.0654. The van der Waals surface area contributed by atoms with Crippen LogP contribution in [0.2, 0.25) is 0 Å². The van der Waals surface area contributed by atoms with E-state index >= 15 is 0 Å². The lowest BCUT2D eigenvalue weighted by Crippen LogP contribution is -2.52. The monoisotopic (exact) mass is 336 g/mol. The van der Waals surface area contributed by atoms with Crippen LogP contribution in [0.25, 0.3) is 0 Å². The highest BCUT2D eigenvalue weighted by molar-refractivity contribution is 9.10. The molecule has 3 rings (SSSR count). The number of pyridine rings is 1. The second-order valence-corrected chi connectivity index (χ2v) is 8.01. The van der Waals surface area contributed by atoms with Gasteiger partial charge in [0.25, 0.3) is 5.91 Å². The molecule has 4 heteroatoms. The molecule has 2 fully saturated rings. The number of nitrogens with zero attached hydrogens (tertiary/aromatic N) is 1. The van der Waals surface area contributed by atoms with Gasteiger partial charge in [-0.3, -0.25) is 4.79 Å². The SMILES string of the molecule is CC12CCC(C1)C(C)(C)C2NC(=O)c1ncccc1Br. The van der Waals surface area contributed by atoms with Crippen LogP contribution in [0, 0.1) is 16.7 Å². The molecule has 1 N–H and O–H groups in total. The molecule has 0 aromatic carbocycles. The van der Waals surface area contributed by atoms with Crippen LogP contribution in [0.5, 0.6) is 0 Å². The fraction of sp³-hybridized carbons (Fsp3) is 0.625. The van der Waals surface area contributed by atoms with E-state index in [2.05, 4.69) is 47.0 Å². The molecule has 0 aliphatic heterocycles. The van der Waals surface area contributed by atoms with Crippen LogP contribution in [0.15, 0.2) is 22.8 Å². The number of carbonyl (C=O) groups is 1. The Bertz CT molecular complexity index is 552. The highest BCUT2D eigenvalue weighted by Gasteiger charge is 2.59. The predicted molar refractivity (Wildman–Crippen MR) is 82.4 cm³/mol. The second kappa shape index (κ2) is 4.55. The maximum Gasteiger partial charge on any atom is 0.271 e. The van der Waals surface area contributed by atoms with Gasteiger partial charge in [-0.1, -0.05) is 20.8 Å². The highest BCUT2D eigenvalue weighted by atomic mass is 79.9. The normalized spacial score (nSPS) is 34.2. The van der Waals surface area contributed by atoms with Crippen molar-refractivity contribution in [1.82, 2.24) is 10.3 Å². The Morgan fingerprint density at radius 3 is 2.80 bits per heavy atom. The summed E-state index contributed by atoms with van der Waals surface area (Å²) >= 11 is 3.41. The van der Waals surface area contributed by atoms with E-state index < -0.39 is 0 Å². The fourth-order valence-electron chi connectivity index (χ4n) is 4.41. The van der Waals surface area contributed by atoms with Gasteiger partial charge in [-0.25, -0.2) is 4.98 Å².